The maximum Gasteiger partial charge on any atom is 0.416 e. The van der Waals surface area contributed by atoms with Gasteiger partial charge in [0.25, 0.3) is 0 Å². The highest BCUT2D eigenvalue weighted by Crippen LogP contribution is 2.39. The SMILES string of the molecule is CN1C(=O)N(C)[C@@H]2CC(=O)c3ccc(C(F)(F)F)cc3N2C1=O. The molecule has 4 amide bonds. The fraction of sp³-hybridized carbons (Fsp3) is 0.357. The van der Waals surface area contributed by atoms with Gasteiger partial charge in [-0.1, -0.05) is 0 Å². The summed E-state index contributed by atoms with van der Waals surface area (Å²) in [7, 11) is 2.63. The van der Waals surface area contributed by atoms with E-state index in [9.17, 15) is 27.6 Å². The van der Waals surface area contributed by atoms with Crippen LogP contribution in [-0.4, -0.2) is 47.9 Å². The van der Waals surface area contributed by atoms with Crippen molar-refractivity contribution in [1.82, 2.24) is 9.80 Å². The number of fused-ring (bicyclic) bond motifs is 3. The largest absolute Gasteiger partial charge is 0.416 e. The summed E-state index contributed by atoms with van der Waals surface area (Å²) in [5, 5.41) is 0. The summed E-state index contributed by atoms with van der Waals surface area (Å²) in [6.07, 6.45) is -5.67. The van der Waals surface area contributed by atoms with Gasteiger partial charge < -0.3 is 4.90 Å². The van der Waals surface area contributed by atoms with Crippen LogP contribution < -0.4 is 4.90 Å². The summed E-state index contributed by atoms with van der Waals surface area (Å²) >= 11 is 0. The van der Waals surface area contributed by atoms with E-state index in [0.717, 1.165) is 28.0 Å². The molecule has 122 valence electrons. The Morgan fingerprint density at radius 3 is 2.35 bits per heavy atom. The number of halogens is 3. The predicted octanol–water partition coefficient (Wildman–Crippen LogP) is 2.54. The molecular weight excluding hydrogens is 315 g/mol. The van der Waals surface area contributed by atoms with Crippen molar-refractivity contribution < 1.29 is 27.6 Å². The number of imide groups is 1. The molecule has 0 bridgehead atoms. The molecule has 0 N–H and O–H groups in total. The van der Waals surface area contributed by atoms with E-state index in [-0.39, 0.29) is 17.7 Å². The Balaban J connectivity index is 2.18. The number of carbonyl (C=O) groups excluding carboxylic acids is 3. The van der Waals surface area contributed by atoms with E-state index in [1.165, 1.54) is 19.0 Å². The Hall–Kier alpha value is -2.58. The second-order valence-corrected chi connectivity index (χ2v) is 5.44. The highest BCUT2D eigenvalue weighted by Gasteiger charge is 2.47. The monoisotopic (exact) mass is 327 g/mol. The molecule has 1 fully saturated rings. The highest BCUT2D eigenvalue weighted by atomic mass is 19.4. The van der Waals surface area contributed by atoms with E-state index in [4.69, 9.17) is 0 Å². The third-order valence-electron chi connectivity index (χ3n) is 4.08. The maximum absolute atomic E-state index is 12.9. The molecule has 0 unspecified atom stereocenters. The van der Waals surface area contributed by atoms with Crippen molar-refractivity contribution in [3.8, 4) is 0 Å². The molecule has 0 saturated carbocycles. The summed E-state index contributed by atoms with van der Waals surface area (Å²) < 4.78 is 38.8. The zero-order valence-corrected chi connectivity index (χ0v) is 12.2. The summed E-state index contributed by atoms with van der Waals surface area (Å²) in [4.78, 5) is 39.5. The van der Waals surface area contributed by atoms with Gasteiger partial charge in [0.05, 0.1) is 17.7 Å². The molecule has 9 heteroatoms. The number of amides is 4. The summed E-state index contributed by atoms with van der Waals surface area (Å²) in [5.41, 5.74) is -1.05. The molecule has 2 aliphatic heterocycles. The lowest BCUT2D eigenvalue weighted by Crippen LogP contribution is -2.66. The van der Waals surface area contributed by atoms with Crippen molar-refractivity contribution in [3.63, 3.8) is 0 Å². The van der Waals surface area contributed by atoms with Crippen molar-refractivity contribution in [2.24, 2.45) is 0 Å². The van der Waals surface area contributed by atoms with E-state index < -0.39 is 35.8 Å². The van der Waals surface area contributed by atoms with Gasteiger partial charge in [0, 0.05) is 19.7 Å². The van der Waals surface area contributed by atoms with Crippen molar-refractivity contribution in [2.75, 3.05) is 19.0 Å². The Labute approximate surface area is 129 Å². The van der Waals surface area contributed by atoms with Crippen LogP contribution >= 0.6 is 0 Å². The van der Waals surface area contributed by atoms with Gasteiger partial charge in [-0.3, -0.25) is 9.69 Å². The van der Waals surface area contributed by atoms with Crippen LogP contribution in [0.3, 0.4) is 0 Å². The van der Waals surface area contributed by atoms with E-state index in [0.29, 0.717) is 0 Å². The first-order chi connectivity index (χ1) is 10.6. The molecule has 0 aromatic heterocycles. The van der Waals surface area contributed by atoms with Gasteiger partial charge in [-0.05, 0) is 18.2 Å². The predicted molar refractivity (Wildman–Crippen MR) is 73.0 cm³/mol. The van der Waals surface area contributed by atoms with Crippen LogP contribution in [0.2, 0.25) is 0 Å². The van der Waals surface area contributed by atoms with Gasteiger partial charge in [0.15, 0.2) is 5.78 Å². The number of carbonyl (C=O) groups is 3. The van der Waals surface area contributed by atoms with Gasteiger partial charge >= 0.3 is 18.2 Å². The van der Waals surface area contributed by atoms with Crippen LogP contribution in [0.4, 0.5) is 28.4 Å². The fourth-order valence-corrected chi connectivity index (χ4v) is 2.82. The average Bonchev–Trinajstić information content (AvgIpc) is 2.49. The first-order valence-corrected chi connectivity index (χ1v) is 6.71. The van der Waals surface area contributed by atoms with Gasteiger partial charge in [-0.25, -0.2) is 14.5 Å². The second-order valence-electron chi connectivity index (χ2n) is 5.44. The van der Waals surface area contributed by atoms with Crippen molar-refractivity contribution in [1.29, 1.82) is 0 Å². The lowest BCUT2D eigenvalue weighted by molar-refractivity contribution is -0.137. The Morgan fingerprint density at radius 2 is 1.74 bits per heavy atom. The summed E-state index contributed by atoms with van der Waals surface area (Å²) in [6, 6.07) is 1.28. The van der Waals surface area contributed by atoms with E-state index in [1.807, 2.05) is 0 Å². The van der Waals surface area contributed by atoms with Crippen LogP contribution in [-0.2, 0) is 6.18 Å². The quantitative estimate of drug-likeness (QED) is 0.736. The summed E-state index contributed by atoms with van der Waals surface area (Å²) in [6.45, 7) is 0. The van der Waals surface area contributed by atoms with E-state index in [2.05, 4.69) is 0 Å². The number of hydrogen-bond donors (Lipinski definition) is 0. The van der Waals surface area contributed by atoms with Gasteiger partial charge in [0.2, 0.25) is 0 Å². The Morgan fingerprint density at radius 1 is 1.09 bits per heavy atom. The minimum atomic E-state index is -4.60. The zero-order valence-electron chi connectivity index (χ0n) is 12.2. The minimum absolute atomic E-state index is 0.0405. The van der Waals surface area contributed by atoms with Crippen molar-refractivity contribution in [2.45, 2.75) is 18.8 Å². The molecule has 2 aliphatic rings. The van der Waals surface area contributed by atoms with Crippen LogP contribution in [0.1, 0.15) is 22.3 Å². The Bertz CT molecular complexity index is 732. The molecule has 0 radical (unpaired) electrons. The number of alkyl halides is 3. The first-order valence-electron chi connectivity index (χ1n) is 6.71. The Kier molecular flexibility index (Phi) is 3.13. The molecule has 23 heavy (non-hydrogen) atoms. The smallest absolute Gasteiger partial charge is 0.306 e. The number of anilines is 1. The fourth-order valence-electron chi connectivity index (χ4n) is 2.82. The normalized spacial score (nSPS) is 21.5. The number of Topliss-reactive ketones (excluding diaryl/α,β-unsaturated/α-hetero) is 1. The third-order valence-corrected chi connectivity index (χ3v) is 4.08. The molecule has 1 aromatic rings. The molecule has 0 aliphatic carbocycles. The van der Waals surface area contributed by atoms with E-state index in [1.54, 1.807) is 0 Å². The molecule has 6 nitrogen and oxygen atoms in total. The lowest BCUT2D eigenvalue weighted by Gasteiger charge is -2.47. The van der Waals surface area contributed by atoms with Gasteiger partial charge in [-0.15, -0.1) is 0 Å². The number of urea groups is 2. The summed E-state index contributed by atoms with van der Waals surface area (Å²) in [5.74, 6) is -0.410. The van der Waals surface area contributed by atoms with Crippen LogP contribution in [0, 0.1) is 0 Å². The van der Waals surface area contributed by atoms with Gasteiger partial charge in [0.1, 0.15) is 6.17 Å². The number of rotatable bonds is 0. The average molecular weight is 327 g/mol. The van der Waals surface area contributed by atoms with Crippen molar-refractivity contribution >= 4 is 23.5 Å². The molecule has 1 atom stereocenters. The van der Waals surface area contributed by atoms with Crippen molar-refractivity contribution in [3.05, 3.63) is 29.3 Å². The van der Waals surface area contributed by atoms with Crippen LogP contribution in [0.5, 0.6) is 0 Å². The van der Waals surface area contributed by atoms with Crippen LogP contribution in [0.25, 0.3) is 0 Å². The molecule has 0 spiro atoms. The number of benzene rings is 1. The van der Waals surface area contributed by atoms with Crippen LogP contribution in [0.15, 0.2) is 18.2 Å². The highest BCUT2D eigenvalue weighted by molar-refractivity contribution is 6.13. The van der Waals surface area contributed by atoms with Gasteiger partial charge in [-0.2, -0.15) is 13.2 Å². The molecule has 1 saturated heterocycles. The molecule has 2 heterocycles. The topological polar surface area (TPSA) is 60.9 Å². The standard InChI is InChI=1S/C14H12F3N3O3/c1-18-11-6-10(21)8-4-3-7(14(15,16)17)5-9(8)20(11)13(23)19(2)12(18)22/h3-5,11H,6H2,1-2H3/t11-/m0/s1. The molecule has 3 rings (SSSR count). The molecular formula is C14H12F3N3O3. The lowest BCUT2D eigenvalue weighted by atomic mass is 9.95. The molecule has 1 aromatic carbocycles. The first kappa shape index (κ1) is 15.3. The zero-order chi connectivity index (χ0) is 17.1. The number of nitrogens with zero attached hydrogens (tertiary/aromatic N) is 3. The number of ketones is 1. The maximum atomic E-state index is 12.9. The third kappa shape index (κ3) is 2.14. The minimum Gasteiger partial charge on any atom is -0.306 e. The number of hydrogen-bond acceptors (Lipinski definition) is 3. The second kappa shape index (κ2) is 4.71. The van der Waals surface area contributed by atoms with E-state index >= 15 is 0 Å².